The van der Waals surface area contributed by atoms with E-state index in [1.807, 2.05) is 0 Å². The van der Waals surface area contributed by atoms with E-state index in [0.29, 0.717) is 40.1 Å². The third-order valence-corrected chi connectivity index (χ3v) is 5.84. The number of hydrogen-bond donors (Lipinski definition) is 2. The molecular formula is C15H24N2O2S. The second kappa shape index (κ2) is 5.74. The van der Waals surface area contributed by atoms with E-state index in [0.717, 1.165) is 12.8 Å². The molecule has 1 aliphatic rings. The molecule has 2 unspecified atom stereocenters. The van der Waals surface area contributed by atoms with Crippen molar-refractivity contribution in [3.63, 3.8) is 0 Å². The smallest absolute Gasteiger partial charge is 0.241 e. The summed E-state index contributed by atoms with van der Waals surface area (Å²) in [6.45, 7) is 6.34. The Morgan fingerprint density at radius 2 is 1.85 bits per heavy atom. The Hall–Kier alpha value is -1.07. The topological polar surface area (TPSA) is 72.2 Å². The van der Waals surface area contributed by atoms with Gasteiger partial charge in [-0.05, 0) is 61.8 Å². The number of hydrogen-bond acceptors (Lipinski definition) is 3. The molecule has 112 valence electrons. The van der Waals surface area contributed by atoms with Crippen molar-refractivity contribution in [1.29, 1.82) is 0 Å². The summed E-state index contributed by atoms with van der Waals surface area (Å²) in [5.41, 5.74) is 7.75. The standard InChI is InChI=1S/C15H24N2O2S/c1-10-4-5-13(6-10)9-17-20(18,19)15-11(2)7-14(16)8-12(15)3/h7-8,10,13,17H,4-6,9,16H2,1-3H3. The van der Waals surface area contributed by atoms with E-state index in [2.05, 4.69) is 11.6 Å². The van der Waals surface area contributed by atoms with Gasteiger partial charge in [0.2, 0.25) is 10.0 Å². The molecule has 0 heterocycles. The number of aryl methyl sites for hydroxylation is 2. The monoisotopic (exact) mass is 296 g/mol. The number of nitrogens with one attached hydrogen (secondary N) is 1. The fourth-order valence-corrected chi connectivity index (χ4v) is 4.78. The lowest BCUT2D eigenvalue weighted by Gasteiger charge is -2.15. The number of nitrogens with two attached hydrogens (primary N) is 1. The highest BCUT2D eigenvalue weighted by molar-refractivity contribution is 7.89. The summed E-state index contributed by atoms with van der Waals surface area (Å²) in [6.07, 6.45) is 3.43. The van der Waals surface area contributed by atoms with E-state index in [4.69, 9.17) is 5.73 Å². The minimum Gasteiger partial charge on any atom is -0.399 e. The molecule has 0 aliphatic heterocycles. The van der Waals surface area contributed by atoms with Crippen LogP contribution in [0.15, 0.2) is 17.0 Å². The van der Waals surface area contributed by atoms with E-state index >= 15 is 0 Å². The Bertz CT molecular complexity index is 573. The van der Waals surface area contributed by atoms with Crippen molar-refractivity contribution in [2.24, 2.45) is 11.8 Å². The fourth-order valence-electron chi connectivity index (χ4n) is 3.22. The molecule has 4 nitrogen and oxygen atoms in total. The highest BCUT2D eigenvalue weighted by Gasteiger charge is 2.25. The average Bonchev–Trinajstić information content (AvgIpc) is 2.71. The zero-order valence-electron chi connectivity index (χ0n) is 12.4. The van der Waals surface area contributed by atoms with Crippen LogP contribution in [0.1, 0.15) is 37.3 Å². The molecular weight excluding hydrogens is 272 g/mol. The highest BCUT2D eigenvalue weighted by atomic mass is 32.2. The van der Waals surface area contributed by atoms with E-state index in [-0.39, 0.29) is 0 Å². The minimum absolute atomic E-state index is 0.373. The molecule has 3 N–H and O–H groups in total. The van der Waals surface area contributed by atoms with Gasteiger partial charge in [-0.2, -0.15) is 0 Å². The van der Waals surface area contributed by atoms with Gasteiger partial charge < -0.3 is 5.73 Å². The SMILES string of the molecule is Cc1cc(N)cc(C)c1S(=O)(=O)NCC1CCC(C)C1. The van der Waals surface area contributed by atoms with Crippen molar-refractivity contribution in [1.82, 2.24) is 4.72 Å². The molecule has 20 heavy (non-hydrogen) atoms. The van der Waals surface area contributed by atoms with Gasteiger partial charge in [0.05, 0.1) is 4.90 Å². The highest BCUT2D eigenvalue weighted by Crippen LogP contribution is 2.30. The van der Waals surface area contributed by atoms with E-state index in [1.54, 1.807) is 26.0 Å². The Balaban J connectivity index is 2.15. The fraction of sp³-hybridized carbons (Fsp3) is 0.600. The number of sulfonamides is 1. The van der Waals surface area contributed by atoms with Gasteiger partial charge in [0, 0.05) is 12.2 Å². The van der Waals surface area contributed by atoms with Crippen LogP contribution in [0.3, 0.4) is 0 Å². The second-order valence-corrected chi connectivity index (χ2v) is 7.82. The number of anilines is 1. The number of benzene rings is 1. The molecule has 0 aromatic heterocycles. The van der Waals surface area contributed by atoms with Crippen LogP contribution in [-0.2, 0) is 10.0 Å². The molecule has 1 aromatic carbocycles. The maximum atomic E-state index is 12.5. The molecule has 2 rings (SSSR count). The first-order chi connectivity index (χ1) is 9.29. The summed E-state index contributed by atoms with van der Waals surface area (Å²) < 4.78 is 27.7. The van der Waals surface area contributed by atoms with Gasteiger partial charge in [0.15, 0.2) is 0 Å². The quantitative estimate of drug-likeness (QED) is 0.839. The number of nitrogen functional groups attached to an aromatic ring is 1. The molecule has 0 spiro atoms. The molecule has 0 bridgehead atoms. The first-order valence-corrected chi connectivity index (χ1v) is 8.64. The van der Waals surface area contributed by atoms with Crippen molar-refractivity contribution in [3.8, 4) is 0 Å². The maximum Gasteiger partial charge on any atom is 0.241 e. The van der Waals surface area contributed by atoms with Gasteiger partial charge in [-0.15, -0.1) is 0 Å². The van der Waals surface area contributed by atoms with Crippen LogP contribution < -0.4 is 10.5 Å². The number of rotatable bonds is 4. The van der Waals surface area contributed by atoms with Crippen molar-refractivity contribution in [2.75, 3.05) is 12.3 Å². The van der Waals surface area contributed by atoms with Crippen LogP contribution in [0.5, 0.6) is 0 Å². The maximum absolute atomic E-state index is 12.5. The van der Waals surface area contributed by atoms with Gasteiger partial charge in [-0.25, -0.2) is 13.1 Å². The molecule has 2 atom stereocenters. The molecule has 0 saturated heterocycles. The van der Waals surface area contributed by atoms with Crippen LogP contribution in [0.4, 0.5) is 5.69 Å². The van der Waals surface area contributed by atoms with E-state index in [1.165, 1.54) is 6.42 Å². The van der Waals surface area contributed by atoms with Crippen LogP contribution in [0.25, 0.3) is 0 Å². The van der Waals surface area contributed by atoms with E-state index < -0.39 is 10.0 Å². The first kappa shape index (κ1) is 15.3. The summed E-state index contributed by atoms with van der Waals surface area (Å²) in [5.74, 6) is 1.18. The molecule has 1 fully saturated rings. The van der Waals surface area contributed by atoms with Crippen molar-refractivity contribution in [3.05, 3.63) is 23.3 Å². The Morgan fingerprint density at radius 3 is 2.35 bits per heavy atom. The Morgan fingerprint density at radius 1 is 1.25 bits per heavy atom. The Labute approximate surface area is 121 Å². The molecule has 0 radical (unpaired) electrons. The normalized spacial score (nSPS) is 23.1. The van der Waals surface area contributed by atoms with Crippen molar-refractivity contribution >= 4 is 15.7 Å². The third-order valence-electron chi connectivity index (χ3n) is 4.12. The third kappa shape index (κ3) is 3.33. The van der Waals surface area contributed by atoms with Gasteiger partial charge >= 0.3 is 0 Å². The lowest BCUT2D eigenvalue weighted by molar-refractivity contribution is 0.498. The van der Waals surface area contributed by atoms with Crippen LogP contribution in [-0.4, -0.2) is 15.0 Å². The van der Waals surface area contributed by atoms with Crippen molar-refractivity contribution in [2.45, 2.75) is 44.9 Å². The zero-order chi connectivity index (χ0) is 14.9. The molecule has 0 amide bonds. The zero-order valence-corrected chi connectivity index (χ0v) is 13.3. The minimum atomic E-state index is -3.45. The van der Waals surface area contributed by atoms with Gasteiger partial charge in [0.25, 0.3) is 0 Å². The lowest BCUT2D eigenvalue weighted by atomic mass is 10.1. The predicted octanol–water partition coefficient (Wildman–Crippen LogP) is 2.60. The first-order valence-electron chi connectivity index (χ1n) is 7.16. The molecule has 5 heteroatoms. The second-order valence-electron chi connectivity index (χ2n) is 6.12. The van der Waals surface area contributed by atoms with Crippen LogP contribution in [0.2, 0.25) is 0 Å². The summed E-state index contributed by atoms with van der Waals surface area (Å²) in [7, 11) is -3.45. The molecule has 1 aliphatic carbocycles. The summed E-state index contributed by atoms with van der Waals surface area (Å²) >= 11 is 0. The molecule has 1 saturated carbocycles. The van der Waals surface area contributed by atoms with Crippen LogP contribution in [0, 0.1) is 25.7 Å². The largest absolute Gasteiger partial charge is 0.399 e. The van der Waals surface area contributed by atoms with Gasteiger partial charge in [-0.3, -0.25) is 0 Å². The van der Waals surface area contributed by atoms with Crippen molar-refractivity contribution < 1.29 is 8.42 Å². The summed E-state index contributed by atoms with van der Waals surface area (Å²) in [5, 5.41) is 0. The van der Waals surface area contributed by atoms with Gasteiger partial charge in [0.1, 0.15) is 0 Å². The molecule has 1 aromatic rings. The Kier molecular flexibility index (Phi) is 4.39. The van der Waals surface area contributed by atoms with Gasteiger partial charge in [-0.1, -0.05) is 13.3 Å². The summed E-state index contributed by atoms with van der Waals surface area (Å²) in [6, 6.07) is 3.42. The summed E-state index contributed by atoms with van der Waals surface area (Å²) in [4.78, 5) is 0.373. The average molecular weight is 296 g/mol. The predicted molar refractivity (Wildman–Crippen MR) is 82.0 cm³/mol. The van der Waals surface area contributed by atoms with E-state index in [9.17, 15) is 8.42 Å². The lowest BCUT2D eigenvalue weighted by Crippen LogP contribution is -2.29. The van der Waals surface area contributed by atoms with Crippen LogP contribution >= 0.6 is 0 Å².